The Morgan fingerprint density at radius 2 is 2.26 bits per heavy atom. The lowest BCUT2D eigenvalue weighted by atomic mass is 10.00. The van der Waals surface area contributed by atoms with Crippen molar-refractivity contribution in [3.8, 4) is 16.8 Å². The standard InChI is InChI=1S/C13H13N5O/c1-2-9-5-11(18-13(19)14-8-17-18)3-4-12(9)10-6-15-16-7-10/h3-8H,2H2,1H3,(H,15,16)(H,14,17,19). The van der Waals surface area contributed by atoms with Gasteiger partial charge in [0.15, 0.2) is 0 Å². The molecule has 0 aliphatic heterocycles. The van der Waals surface area contributed by atoms with Crippen LogP contribution >= 0.6 is 0 Å². The Bertz CT molecular complexity index is 738. The minimum atomic E-state index is -0.238. The second-order valence-corrected chi connectivity index (χ2v) is 4.19. The second kappa shape index (κ2) is 4.56. The first-order chi connectivity index (χ1) is 9.29. The minimum absolute atomic E-state index is 0.238. The van der Waals surface area contributed by atoms with Crippen molar-refractivity contribution < 1.29 is 0 Å². The average Bonchev–Trinajstić information content (AvgIpc) is 3.09. The van der Waals surface area contributed by atoms with Gasteiger partial charge in [0, 0.05) is 11.8 Å². The highest BCUT2D eigenvalue weighted by Gasteiger charge is 2.08. The predicted molar refractivity (Wildman–Crippen MR) is 71.1 cm³/mol. The number of rotatable bonds is 3. The van der Waals surface area contributed by atoms with Crippen LogP contribution in [0.1, 0.15) is 12.5 Å². The molecule has 2 N–H and O–H groups in total. The number of benzene rings is 1. The van der Waals surface area contributed by atoms with E-state index in [2.05, 4.69) is 27.2 Å². The summed E-state index contributed by atoms with van der Waals surface area (Å²) in [6.07, 6.45) is 5.90. The second-order valence-electron chi connectivity index (χ2n) is 4.19. The number of aromatic amines is 2. The molecular weight excluding hydrogens is 242 g/mol. The molecule has 0 fully saturated rings. The summed E-state index contributed by atoms with van der Waals surface area (Å²) in [6, 6.07) is 5.84. The molecule has 0 atom stereocenters. The summed E-state index contributed by atoms with van der Waals surface area (Å²) in [4.78, 5) is 14.1. The van der Waals surface area contributed by atoms with E-state index in [9.17, 15) is 4.79 Å². The summed E-state index contributed by atoms with van der Waals surface area (Å²) in [6.45, 7) is 2.08. The molecule has 2 heterocycles. The molecule has 0 aliphatic rings. The molecule has 1 aromatic carbocycles. The Labute approximate surface area is 109 Å². The van der Waals surface area contributed by atoms with Gasteiger partial charge in [-0.1, -0.05) is 13.0 Å². The van der Waals surface area contributed by atoms with Crippen LogP contribution in [-0.2, 0) is 6.42 Å². The third-order valence-corrected chi connectivity index (χ3v) is 3.08. The van der Waals surface area contributed by atoms with Crippen LogP contribution in [0.15, 0.2) is 41.7 Å². The Hall–Kier alpha value is -2.63. The van der Waals surface area contributed by atoms with Gasteiger partial charge in [-0.05, 0) is 29.7 Å². The lowest BCUT2D eigenvalue weighted by Gasteiger charge is -2.08. The van der Waals surface area contributed by atoms with E-state index in [1.807, 2.05) is 24.4 Å². The molecule has 2 aromatic heterocycles. The Balaban J connectivity index is 2.13. The Morgan fingerprint density at radius 1 is 1.37 bits per heavy atom. The quantitative estimate of drug-likeness (QED) is 0.744. The van der Waals surface area contributed by atoms with Crippen LogP contribution in [0.25, 0.3) is 16.8 Å². The van der Waals surface area contributed by atoms with Crippen molar-refractivity contribution in [2.75, 3.05) is 0 Å². The van der Waals surface area contributed by atoms with Crippen molar-refractivity contribution in [1.29, 1.82) is 0 Å². The normalized spacial score (nSPS) is 10.8. The van der Waals surface area contributed by atoms with E-state index in [0.29, 0.717) is 0 Å². The zero-order valence-corrected chi connectivity index (χ0v) is 10.4. The summed E-state index contributed by atoms with van der Waals surface area (Å²) in [5.41, 5.74) is 3.82. The molecule has 0 saturated carbocycles. The summed E-state index contributed by atoms with van der Waals surface area (Å²) in [5.74, 6) is 0. The van der Waals surface area contributed by atoms with Gasteiger partial charge >= 0.3 is 5.69 Å². The third-order valence-electron chi connectivity index (χ3n) is 3.08. The molecule has 3 rings (SSSR count). The fraction of sp³-hybridized carbons (Fsp3) is 0.154. The SMILES string of the molecule is CCc1cc(-n2nc[nH]c2=O)ccc1-c1cn[nH]c1. The van der Waals surface area contributed by atoms with Gasteiger partial charge in [-0.2, -0.15) is 14.9 Å². The highest BCUT2D eigenvalue weighted by molar-refractivity contribution is 5.67. The molecule has 19 heavy (non-hydrogen) atoms. The molecule has 0 bridgehead atoms. The van der Waals surface area contributed by atoms with Gasteiger partial charge in [-0.3, -0.25) is 10.1 Å². The highest BCUT2D eigenvalue weighted by Crippen LogP contribution is 2.25. The Morgan fingerprint density at radius 3 is 2.89 bits per heavy atom. The number of hydrogen-bond acceptors (Lipinski definition) is 3. The van der Waals surface area contributed by atoms with E-state index in [4.69, 9.17) is 0 Å². The number of nitrogens with zero attached hydrogens (tertiary/aromatic N) is 3. The summed E-state index contributed by atoms with van der Waals surface area (Å²) >= 11 is 0. The average molecular weight is 255 g/mol. The first-order valence-electron chi connectivity index (χ1n) is 6.04. The maximum Gasteiger partial charge on any atom is 0.347 e. The van der Waals surface area contributed by atoms with Crippen LogP contribution in [-0.4, -0.2) is 25.0 Å². The van der Waals surface area contributed by atoms with Crippen LogP contribution in [0.3, 0.4) is 0 Å². The molecule has 96 valence electrons. The smallest absolute Gasteiger partial charge is 0.295 e. The topological polar surface area (TPSA) is 79.4 Å². The summed E-state index contributed by atoms with van der Waals surface area (Å²) in [7, 11) is 0. The van der Waals surface area contributed by atoms with Crippen LogP contribution in [0.4, 0.5) is 0 Å². The maximum absolute atomic E-state index is 11.6. The minimum Gasteiger partial charge on any atom is -0.295 e. The van der Waals surface area contributed by atoms with Gasteiger partial charge < -0.3 is 0 Å². The van der Waals surface area contributed by atoms with Gasteiger partial charge in [0.1, 0.15) is 6.33 Å². The van der Waals surface area contributed by atoms with E-state index in [1.54, 1.807) is 6.20 Å². The van der Waals surface area contributed by atoms with Gasteiger partial charge in [0.2, 0.25) is 0 Å². The van der Waals surface area contributed by atoms with Crippen LogP contribution in [0, 0.1) is 0 Å². The Kier molecular flexibility index (Phi) is 2.75. The lowest BCUT2D eigenvalue weighted by molar-refractivity contribution is 0.840. The summed E-state index contributed by atoms with van der Waals surface area (Å²) < 4.78 is 1.35. The number of aromatic nitrogens is 5. The molecule has 3 aromatic rings. The number of H-pyrrole nitrogens is 2. The predicted octanol–water partition coefficient (Wildman–Crippen LogP) is 1.51. The van der Waals surface area contributed by atoms with Crippen molar-refractivity contribution in [3.63, 3.8) is 0 Å². The number of aryl methyl sites for hydroxylation is 1. The van der Waals surface area contributed by atoms with Crippen LogP contribution in [0.2, 0.25) is 0 Å². The largest absolute Gasteiger partial charge is 0.347 e. The van der Waals surface area contributed by atoms with Crippen molar-refractivity contribution in [1.82, 2.24) is 25.0 Å². The molecule has 0 saturated heterocycles. The first kappa shape index (κ1) is 11.5. The monoisotopic (exact) mass is 255 g/mol. The lowest BCUT2D eigenvalue weighted by Crippen LogP contribution is -2.16. The van der Waals surface area contributed by atoms with Crippen molar-refractivity contribution >= 4 is 0 Å². The van der Waals surface area contributed by atoms with Gasteiger partial charge in [0.25, 0.3) is 0 Å². The van der Waals surface area contributed by atoms with Crippen LogP contribution < -0.4 is 5.69 Å². The number of nitrogens with one attached hydrogen (secondary N) is 2. The molecule has 0 unspecified atom stereocenters. The third kappa shape index (κ3) is 1.97. The van der Waals surface area contributed by atoms with E-state index in [1.165, 1.54) is 11.0 Å². The molecular formula is C13H13N5O. The van der Waals surface area contributed by atoms with E-state index < -0.39 is 0 Å². The van der Waals surface area contributed by atoms with Crippen molar-refractivity contribution in [2.24, 2.45) is 0 Å². The fourth-order valence-corrected chi connectivity index (χ4v) is 2.12. The van der Waals surface area contributed by atoms with E-state index >= 15 is 0 Å². The molecule has 0 radical (unpaired) electrons. The van der Waals surface area contributed by atoms with E-state index in [-0.39, 0.29) is 5.69 Å². The van der Waals surface area contributed by atoms with Gasteiger partial charge in [-0.15, -0.1) is 0 Å². The molecule has 0 spiro atoms. The number of hydrogen-bond donors (Lipinski definition) is 2. The van der Waals surface area contributed by atoms with Crippen molar-refractivity contribution in [3.05, 3.63) is 53.0 Å². The molecule has 6 nitrogen and oxygen atoms in total. The van der Waals surface area contributed by atoms with Crippen LogP contribution in [0.5, 0.6) is 0 Å². The highest BCUT2D eigenvalue weighted by atomic mass is 16.1. The fourth-order valence-electron chi connectivity index (χ4n) is 2.12. The molecule has 0 aliphatic carbocycles. The molecule has 6 heteroatoms. The van der Waals surface area contributed by atoms with Gasteiger partial charge in [0.05, 0.1) is 11.9 Å². The summed E-state index contributed by atoms with van der Waals surface area (Å²) in [5, 5.41) is 10.8. The zero-order chi connectivity index (χ0) is 13.2. The van der Waals surface area contributed by atoms with Gasteiger partial charge in [-0.25, -0.2) is 4.79 Å². The van der Waals surface area contributed by atoms with Crippen molar-refractivity contribution in [2.45, 2.75) is 13.3 Å². The zero-order valence-electron chi connectivity index (χ0n) is 10.4. The van der Waals surface area contributed by atoms with E-state index in [0.717, 1.165) is 28.8 Å². The maximum atomic E-state index is 11.6. The molecule has 0 amide bonds. The first-order valence-corrected chi connectivity index (χ1v) is 6.04.